The fraction of sp³-hybridized carbons (Fsp3) is 0.0833. The van der Waals surface area contributed by atoms with E-state index >= 15 is 0 Å². The number of aromatic amines is 2. The molecule has 8 heteroatoms. The number of benzene rings is 1. The molecule has 1 unspecified atom stereocenters. The minimum Gasteiger partial charge on any atom is -0.304 e. The summed E-state index contributed by atoms with van der Waals surface area (Å²) in [6, 6.07) is 17.1. The number of pyridine rings is 2. The molecule has 1 aromatic carbocycles. The highest BCUT2D eigenvalue weighted by Crippen LogP contribution is 2.37. The predicted octanol–water partition coefficient (Wildman–Crippen LogP) is 3.01. The van der Waals surface area contributed by atoms with Crippen LogP contribution in [0.2, 0.25) is 0 Å². The maximum absolute atomic E-state index is 13.1. The van der Waals surface area contributed by atoms with Crippen LogP contribution >= 0.6 is 0 Å². The molecule has 8 nitrogen and oxygen atoms in total. The normalized spacial score (nSPS) is 18.3. The van der Waals surface area contributed by atoms with Crippen LogP contribution in [0.5, 0.6) is 0 Å². The molecule has 0 amide bonds. The van der Waals surface area contributed by atoms with Crippen molar-refractivity contribution in [2.45, 2.75) is 12.0 Å². The van der Waals surface area contributed by atoms with Crippen LogP contribution in [0, 0.1) is 0 Å². The molecule has 32 heavy (non-hydrogen) atoms. The molecule has 0 bridgehead atoms. The first-order valence-corrected chi connectivity index (χ1v) is 10.2. The van der Waals surface area contributed by atoms with Crippen molar-refractivity contribution in [1.82, 2.24) is 29.1 Å². The van der Waals surface area contributed by atoms with Crippen LogP contribution < -0.4 is 11.4 Å². The Morgan fingerprint density at radius 2 is 1.50 bits per heavy atom. The second-order valence-corrected chi connectivity index (χ2v) is 7.74. The van der Waals surface area contributed by atoms with Crippen LogP contribution in [0.1, 0.15) is 12.0 Å². The highest BCUT2D eigenvalue weighted by Gasteiger charge is 2.36. The minimum absolute atomic E-state index is 0.241. The molecule has 5 aromatic rings. The number of allylic oxidation sites excluding steroid dienone is 4. The SMILES string of the molecule is O=c1[nH]c2cccnc2n1C1=CCC(c2ccccc2)(n2c(=O)[nH]c3cccnc32)C=C1. The van der Waals surface area contributed by atoms with Crippen molar-refractivity contribution < 1.29 is 0 Å². The number of hydrogen-bond acceptors (Lipinski definition) is 4. The first-order valence-electron chi connectivity index (χ1n) is 10.2. The van der Waals surface area contributed by atoms with Crippen molar-refractivity contribution in [2.24, 2.45) is 0 Å². The van der Waals surface area contributed by atoms with Crippen molar-refractivity contribution in [1.29, 1.82) is 0 Å². The zero-order valence-corrected chi connectivity index (χ0v) is 16.9. The van der Waals surface area contributed by atoms with E-state index in [2.05, 4.69) is 19.9 Å². The zero-order chi connectivity index (χ0) is 21.7. The van der Waals surface area contributed by atoms with E-state index in [1.807, 2.05) is 60.7 Å². The Labute approximate surface area is 181 Å². The van der Waals surface area contributed by atoms with Crippen LogP contribution in [0.4, 0.5) is 0 Å². The van der Waals surface area contributed by atoms with Gasteiger partial charge in [-0.3, -0.25) is 4.57 Å². The molecule has 1 aliphatic rings. The fourth-order valence-electron chi connectivity index (χ4n) is 4.51. The Morgan fingerprint density at radius 3 is 2.22 bits per heavy atom. The number of fused-ring (bicyclic) bond motifs is 2. The summed E-state index contributed by atoms with van der Waals surface area (Å²) >= 11 is 0. The number of hydrogen-bond donors (Lipinski definition) is 2. The number of nitrogens with zero attached hydrogens (tertiary/aromatic N) is 4. The van der Waals surface area contributed by atoms with Gasteiger partial charge in [-0.1, -0.05) is 42.5 Å². The van der Waals surface area contributed by atoms with Crippen molar-refractivity contribution in [3.63, 3.8) is 0 Å². The molecular formula is C24H18N6O2. The molecule has 0 aliphatic heterocycles. The van der Waals surface area contributed by atoms with Crippen molar-refractivity contribution in [2.75, 3.05) is 0 Å². The lowest BCUT2D eigenvalue weighted by Gasteiger charge is -2.34. The number of imidazole rings is 2. The van der Waals surface area contributed by atoms with Crippen molar-refractivity contribution in [3.05, 3.63) is 112 Å². The van der Waals surface area contributed by atoms with Crippen LogP contribution in [0.3, 0.4) is 0 Å². The van der Waals surface area contributed by atoms with Crippen LogP contribution in [0.15, 0.2) is 94.8 Å². The van der Waals surface area contributed by atoms with Gasteiger partial charge in [0.05, 0.1) is 16.6 Å². The molecule has 4 aromatic heterocycles. The molecule has 2 N–H and O–H groups in total. The summed E-state index contributed by atoms with van der Waals surface area (Å²) < 4.78 is 3.24. The molecule has 0 radical (unpaired) electrons. The molecule has 0 spiro atoms. The quantitative estimate of drug-likeness (QED) is 0.467. The van der Waals surface area contributed by atoms with E-state index < -0.39 is 5.54 Å². The molecular weight excluding hydrogens is 404 g/mol. The lowest BCUT2D eigenvalue weighted by molar-refractivity contribution is 0.447. The van der Waals surface area contributed by atoms with Gasteiger partial charge in [-0.05, 0) is 42.3 Å². The van der Waals surface area contributed by atoms with Gasteiger partial charge >= 0.3 is 11.4 Å². The lowest BCUT2D eigenvalue weighted by atomic mass is 9.82. The summed E-state index contributed by atoms with van der Waals surface area (Å²) in [4.78, 5) is 40.3. The maximum Gasteiger partial charge on any atom is 0.332 e. The second kappa shape index (κ2) is 6.78. The van der Waals surface area contributed by atoms with Gasteiger partial charge in [0.25, 0.3) is 0 Å². The number of rotatable bonds is 3. The Balaban J connectivity index is 1.56. The molecule has 6 rings (SSSR count). The molecule has 0 saturated heterocycles. The summed E-state index contributed by atoms with van der Waals surface area (Å²) in [6.07, 6.45) is 9.59. The average Bonchev–Trinajstić information content (AvgIpc) is 3.35. The molecule has 0 fully saturated rings. The zero-order valence-electron chi connectivity index (χ0n) is 16.9. The van der Waals surface area contributed by atoms with Crippen LogP contribution in [0.25, 0.3) is 28.0 Å². The second-order valence-electron chi connectivity index (χ2n) is 7.74. The fourth-order valence-corrected chi connectivity index (χ4v) is 4.51. The standard InChI is InChI=1S/C24H18N6O2/c31-22-27-18-8-4-14-25-20(18)29(22)17-10-12-24(13-11-17,16-6-2-1-3-7-16)30-21-19(28-23(30)32)9-5-15-26-21/h1-12,14-15H,13H2,(H,27,31)(H,28,32). The third kappa shape index (κ3) is 2.56. The van der Waals surface area contributed by atoms with Gasteiger partial charge in [0.2, 0.25) is 0 Å². The number of nitrogens with one attached hydrogen (secondary N) is 2. The summed E-state index contributed by atoms with van der Waals surface area (Å²) in [5.74, 6) is 0. The molecule has 0 saturated carbocycles. The average molecular weight is 422 g/mol. The van der Waals surface area contributed by atoms with E-state index in [0.29, 0.717) is 34.4 Å². The van der Waals surface area contributed by atoms with E-state index in [1.165, 1.54) is 0 Å². The van der Waals surface area contributed by atoms with E-state index in [4.69, 9.17) is 0 Å². The summed E-state index contributed by atoms with van der Waals surface area (Å²) in [7, 11) is 0. The predicted molar refractivity (Wildman–Crippen MR) is 122 cm³/mol. The van der Waals surface area contributed by atoms with Gasteiger partial charge in [0.15, 0.2) is 11.3 Å². The highest BCUT2D eigenvalue weighted by molar-refractivity contribution is 5.78. The van der Waals surface area contributed by atoms with E-state index in [1.54, 1.807) is 33.7 Å². The molecule has 156 valence electrons. The number of H-pyrrole nitrogens is 2. The Hall–Kier alpha value is -4.46. The Bertz CT molecular complexity index is 1650. The Kier molecular flexibility index (Phi) is 3.88. The smallest absolute Gasteiger partial charge is 0.304 e. The van der Waals surface area contributed by atoms with Gasteiger partial charge in [-0.2, -0.15) is 0 Å². The lowest BCUT2D eigenvalue weighted by Crippen LogP contribution is -2.40. The van der Waals surface area contributed by atoms with Gasteiger partial charge in [-0.15, -0.1) is 0 Å². The minimum atomic E-state index is -0.794. The monoisotopic (exact) mass is 422 g/mol. The topological polar surface area (TPSA) is 101 Å². The number of aromatic nitrogens is 6. The third-order valence-corrected chi connectivity index (χ3v) is 5.97. The Morgan fingerprint density at radius 1 is 0.812 bits per heavy atom. The first-order chi connectivity index (χ1) is 15.7. The first kappa shape index (κ1) is 18.3. The van der Waals surface area contributed by atoms with Crippen LogP contribution in [-0.4, -0.2) is 29.1 Å². The van der Waals surface area contributed by atoms with Crippen LogP contribution in [-0.2, 0) is 5.54 Å². The maximum atomic E-state index is 13.1. The van der Waals surface area contributed by atoms with E-state index in [9.17, 15) is 9.59 Å². The molecule has 4 heterocycles. The van der Waals surface area contributed by atoms with Gasteiger partial charge in [0.1, 0.15) is 0 Å². The third-order valence-electron chi connectivity index (χ3n) is 5.97. The van der Waals surface area contributed by atoms with Crippen molar-refractivity contribution >= 4 is 28.0 Å². The van der Waals surface area contributed by atoms with Gasteiger partial charge < -0.3 is 9.97 Å². The van der Waals surface area contributed by atoms with Crippen molar-refractivity contribution in [3.8, 4) is 0 Å². The van der Waals surface area contributed by atoms with Gasteiger partial charge in [0, 0.05) is 18.1 Å². The summed E-state index contributed by atoms with van der Waals surface area (Å²) in [5, 5.41) is 0. The molecule has 1 atom stereocenters. The van der Waals surface area contributed by atoms with Gasteiger partial charge in [-0.25, -0.2) is 24.1 Å². The largest absolute Gasteiger partial charge is 0.332 e. The summed E-state index contributed by atoms with van der Waals surface area (Å²) in [6.45, 7) is 0. The highest BCUT2D eigenvalue weighted by atomic mass is 16.1. The van der Waals surface area contributed by atoms with E-state index in [-0.39, 0.29) is 11.4 Å². The molecule has 1 aliphatic carbocycles. The summed E-state index contributed by atoms with van der Waals surface area (Å²) in [5.41, 5.74) is 2.84. The van der Waals surface area contributed by atoms with E-state index in [0.717, 1.165) is 5.56 Å².